The standard InChI is InChI=1S/C17H30N2O3/c1-14(6-7-15-5-4-11-21-15)18-16(20)19-10-12-22-17(13-19)8-2-3-9-17/h14-15H,2-13H2,1H3,(H,18,20)/t14-,15-/m0/s1. The number of nitrogens with zero attached hydrogens (tertiary/aromatic N) is 1. The van der Waals surface area contributed by atoms with Crippen molar-refractivity contribution in [1.29, 1.82) is 0 Å². The number of amides is 2. The van der Waals surface area contributed by atoms with Crippen LogP contribution in [0.2, 0.25) is 0 Å². The molecule has 3 rings (SSSR count). The second-order valence-corrected chi connectivity index (χ2v) is 7.22. The maximum atomic E-state index is 12.5. The van der Waals surface area contributed by atoms with Crippen LogP contribution in [0.1, 0.15) is 58.3 Å². The van der Waals surface area contributed by atoms with Crippen LogP contribution in [0.25, 0.3) is 0 Å². The van der Waals surface area contributed by atoms with E-state index in [1.807, 2.05) is 4.90 Å². The van der Waals surface area contributed by atoms with Crippen molar-refractivity contribution in [1.82, 2.24) is 10.2 Å². The summed E-state index contributed by atoms with van der Waals surface area (Å²) in [6, 6.07) is 0.286. The van der Waals surface area contributed by atoms with Crippen LogP contribution in [0.3, 0.4) is 0 Å². The third-order valence-corrected chi connectivity index (χ3v) is 5.37. The number of hydrogen-bond donors (Lipinski definition) is 1. The highest BCUT2D eigenvalue weighted by atomic mass is 16.5. The molecule has 0 aromatic rings. The van der Waals surface area contributed by atoms with Gasteiger partial charge in [-0.3, -0.25) is 0 Å². The summed E-state index contributed by atoms with van der Waals surface area (Å²) in [5.74, 6) is 0. The predicted octanol–water partition coefficient (Wildman–Crippen LogP) is 2.69. The molecule has 2 amide bonds. The van der Waals surface area contributed by atoms with E-state index in [0.29, 0.717) is 19.3 Å². The average molecular weight is 310 g/mol. The third kappa shape index (κ3) is 3.93. The first-order chi connectivity index (χ1) is 10.7. The fraction of sp³-hybridized carbons (Fsp3) is 0.941. The van der Waals surface area contributed by atoms with Crippen LogP contribution >= 0.6 is 0 Å². The molecular weight excluding hydrogens is 280 g/mol. The Labute approximate surface area is 133 Å². The van der Waals surface area contributed by atoms with Gasteiger partial charge < -0.3 is 19.7 Å². The zero-order chi connectivity index (χ0) is 15.4. The van der Waals surface area contributed by atoms with Crippen molar-refractivity contribution in [3.63, 3.8) is 0 Å². The van der Waals surface area contributed by atoms with Crippen molar-refractivity contribution in [2.24, 2.45) is 0 Å². The zero-order valence-corrected chi connectivity index (χ0v) is 13.8. The second kappa shape index (κ2) is 7.18. The number of carbonyl (C=O) groups excluding carboxylic acids is 1. The summed E-state index contributed by atoms with van der Waals surface area (Å²) in [4.78, 5) is 14.4. The Balaban J connectivity index is 1.42. The second-order valence-electron chi connectivity index (χ2n) is 7.22. The molecule has 1 N–H and O–H groups in total. The van der Waals surface area contributed by atoms with Gasteiger partial charge in [-0.2, -0.15) is 0 Å². The number of carbonyl (C=O) groups is 1. The highest BCUT2D eigenvalue weighted by molar-refractivity contribution is 5.74. The minimum absolute atomic E-state index is 0.0451. The summed E-state index contributed by atoms with van der Waals surface area (Å²) in [6.07, 6.45) is 9.47. The minimum atomic E-state index is -0.0451. The number of hydrogen-bond acceptors (Lipinski definition) is 3. The summed E-state index contributed by atoms with van der Waals surface area (Å²) < 4.78 is 11.6. The minimum Gasteiger partial charge on any atom is -0.378 e. The van der Waals surface area contributed by atoms with Gasteiger partial charge in [-0.1, -0.05) is 12.8 Å². The Morgan fingerprint density at radius 2 is 2.14 bits per heavy atom. The van der Waals surface area contributed by atoms with Gasteiger partial charge in [-0.05, 0) is 45.4 Å². The van der Waals surface area contributed by atoms with Crippen LogP contribution in [-0.2, 0) is 9.47 Å². The van der Waals surface area contributed by atoms with Gasteiger partial charge in [-0.15, -0.1) is 0 Å². The summed E-state index contributed by atoms with van der Waals surface area (Å²) in [5.41, 5.74) is -0.0451. The molecular formula is C17H30N2O3. The highest BCUT2D eigenvalue weighted by Crippen LogP contribution is 2.35. The third-order valence-electron chi connectivity index (χ3n) is 5.37. The topological polar surface area (TPSA) is 50.8 Å². The van der Waals surface area contributed by atoms with Gasteiger partial charge in [0, 0.05) is 19.2 Å². The van der Waals surface area contributed by atoms with Crippen LogP contribution in [0, 0.1) is 0 Å². The molecule has 1 spiro atoms. The largest absolute Gasteiger partial charge is 0.378 e. The van der Waals surface area contributed by atoms with Gasteiger partial charge in [0.15, 0.2) is 0 Å². The fourth-order valence-corrected chi connectivity index (χ4v) is 4.02. The lowest BCUT2D eigenvalue weighted by molar-refractivity contribution is -0.0927. The van der Waals surface area contributed by atoms with Crippen LogP contribution in [-0.4, -0.2) is 55.0 Å². The molecule has 5 nitrogen and oxygen atoms in total. The fourth-order valence-electron chi connectivity index (χ4n) is 4.02. The van der Waals surface area contributed by atoms with E-state index in [-0.39, 0.29) is 17.7 Å². The Morgan fingerprint density at radius 3 is 2.86 bits per heavy atom. The van der Waals surface area contributed by atoms with Gasteiger partial charge in [0.25, 0.3) is 0 Å². The van der Waals surface area contributed by atoms with E-state index in [1.54, 1.807) is 0 Å². The molecule has 3 fully saturated rings. The van der Waals surface area contributed by atoms with Gasteiger partial charge in [0.1, 0.15) is 0 Å². The van der Waals surface area contributed by atoms with Crippen LogP contribution in [0.15, 0.2) is 0 Å². The van der Waals surface area contributed by atoms with E-state index in [2.05, 4.69) is 12.2 Å². The van der Waals surface area contributed by atoms with Gasteiger partial charge in [0.2, 0.25) is 0 Å². The van der Waals surface area contributed by atoms with Crippen molar-refractivity contribution in [2.75, 3.05) is 26.3 Å². The van der Waals surface area contributed by atoms with Crippen LogP contribution in [0.5, 0.6) is 0 Å². The first-order valence-corrected chi connectivity index (χ1v) is 8.98. The molecule has 0 radical (unpaired) electrons. The molecule has 0 aromatic carbocycles. The zero-order valence-electron chi connectivity index (χ0n) is 13.8. The lowest BCUT2D eigenvalue weighted by Gasteiger charge is -2.40. The molecule has 2 saturated heterocycles. The smallest absolute Gasteiger partial charge is 0.317 e. The van der Waals surface area contributed by atoms with Gasteiger partial charge >= 0.3 is 6.03 Å². The van der Waals surface area contributed by atoms with E-state index in [9.17, 15) is 4.79 Å². The van der Waals surface area contributed by atoms with Crippen molar-refractivity contribution in [2.45, 2.75) is 76.0 Å². The van der Waals surface area contributed by atoms with E-state index in [0.717, 1.165) is 38.8 Å². The van der Waals surface area contributed by atoms with Crippen LogP contribution < -0.4 is 5.32 Å². The number of morpholine rings is 1. The van der Waals surface area contributed by atoms with Crippen molar-refractivity contribution >= 4 is 6.03 Å². The highest BCUT2D eigenvalue weighted by Gasteiger charge is 2.40. The monoisotopic (exact) mass is 310 g/mol. The molecule has 1 saturated carbocycles. The normalized spacial score (nSPS) is 29.0. The maximum Gasteiger partial charge on any atom is 0.317 e. The molecule has 2 heterocycles. The number of nitrogens with one attached hydrogen (secondary N) is 1. The van der Waals surface area contributed by atoms with E-state index in [1.165, 1.54) is 25.7 Å². The molecule has 1 aliphatic carbocycles. The quantitative estimate of drug-likeness (QED) is 0.868. The van der Waals surface area contributed by atoms with Crippen molar-refractivity contribution in [3.8, 4) is 0 Å². The Kier molecular flexibility index (Phi) is 5.24. The summed E-state index contributed by atoms with van der Waals surface area (Å²) in [6.45, 7) is 5.15. The summed E-state index contributed by atoms with van der Waals surface area (Å²) in [7, 11) is 0. The van der Waals surface area contributed by atoms with Gasteiger partial charge in [-0.25, -0.2) is 4.79 Å². The average Bonchev–Trinajstić information content (AvgIpc) is 3.17. The molecule has 22 heavy (non-hydrogen) atoms. The Morgan fingerprint density at radius 1 is 1.32 bits per heavy atom. The first kappa shape index (κ1) is 16.1. The van der Waals surface area contributed by atoms with Crippen molar-refractivity contribution in [3.05, 3.63) is 0 Å². The van der Waals surface area contributed by atoms with E-state index < -0.39 is 0 Å². The molecule has 0 aromatic heterocycles. The molecule has 126 valence electrons. The molecule has 2 atom stereocenters. The molecule has 0 unspecified atom stereocenters. The number of ether oxygens (including phenoxy) is 2. The summed E-state index contributed by atoms with van der Waals surface area (Å²) >= 11 is 0. The number of rotatable bonds is 4. The van der Waals surface area contributed by atoms with Crippen LogP contribution in [0.4, 0.5) is 4.79 Å². The van der Waals surface area contributed by atoms with Crippen molar-refractivity contribution < 1.29 is 14.3 Å². The predicted molar refractivity (Wildman–Crippen MR) is 84.9 cm³/mol. The van der Waals surface area contributed by atoms with E-state index >= 15 is 0 Å². The molecule has 0 bridgehead atoms. The SMILES string of the molecule is C[C@@H](CC[C@@H]1CCCO1)NC(=O)N1CCOC2(CCCC2)C1. The summed E-state index contributed by atoms with van der Waals surface area (Å²) in [5, 5.41) is 3.16. The molecule has 5 heteroatoms. The molecule has 2 aliphatic heterocycles. The Hall–Kier alpha value is -0.810. The Bertz CT molecular complexity index is 376. The van der Waals surface area contributed by atoms with E-state index in [4.69, 9.17) is 9.47 Å². The first-order valence-electron chi connectivity index (χ1n) is 8.98. The van der Waals surface area contributed by atoms with Gasteiger partial charge in [0.05, 0.1) is 24.9 Å². The maximum absolute atomic E-state index is 12.5. The lowest BCUT2D eigenvalue weighted by atomic mass is 10.00. The number of urea groups is 1. The lowest BCUT2D eigenvalue weighted by Crippen LogP contribution is -2.55. The molecule has 3 aliphatic rings.